The van der Waals surface area contributed by atoms with Crippen LogP contribution in [0.4, 0.5) is 0 Å². The zero-order valence-electron chi connectivity index (χ0n) is 17.1. The molecule has 2 rings (SSSR count). The van der Waals surface area contributed by atoms with E-state index < -0.39 is 12.1 Å². The van der Waals surface area contributed by atoms with E-state index in [0.29, 0.717) is 31.9 Å². The first kappa shape index (κ1) is 21.5. The number of hydrogen-bond acceptors (Lipinski definition) is 6. The summed E-state index contributed by atoms with van der Waals surface area (Å²) in [7, 11) is 1.87. The number of nitrogens with one attached hydrogen (secondary N) is 1. The molecule has 0 aromatic carbocycles. The van der Waals surface area contributed by atoms with Gasteiger partial charge in [-0.2, -0.15) is 0 Å². The maximum atomic E-state index is 13.4. The zero-order valence-corrected chi connectivity index (χ0v) is 17.1. The van der Waals surface area contributed by atoms with E-state index in [1.807, 2.05) is 34.7 Å². The SMILES string of the molecule is C=C(C)[C@@H]1C[C@@H](O)CN1C(=O)[C@@H](n1cc(COCCNC)nn1)C(C)(C)C. The molecule has 152 valence electrons. The highest BCUT2D eigenvalue weighted by Crippen LogP contribution is 2.35. The molecule has 1 aromatic heterocycles. The lowest BCUT2D eigenvalue weighted by molar-refractivity contribution is -0.139. The molecule has 3 atom stereocenters. The maximum Gasteiger partial charge on any atom is 0.248 e. The quantitative estimate of drug-likeness (QED) is 0.520. The van der Waals surface area contributed by atoms with Crippen molar-refractivity contribution in [1.82, 2.24) is 25.2 Å². The molecular weight excluding hydrogens is 346 g/mol. The van der Waals surface area contributed by atoms with E-state index in [0.717, 1.165) is 12.1 Å². The summed E-state index contributed by atoms with van der Waals surface area (Å²) in [6, 6.07) is -0.673. The first-order valence-corrected chi connectivity index (χ1v) is 9.42. The average Bonchev–Trinajstić information content (AvgIpc) is 3.17. The minimum atomic E-state index is -0.525. The van der Waals surface area contributed by atoms with Crippen molar-refractivity contribution in [3.8, 4) is 0 Å². The molecule has 0 saturated carbocycles. The number of nitrogens with zero attached hydrogens (tertiary/aromatic N) is 4. The molecule has 2 N–H and O–H groups in total. The molecule has 1 aliphatic heterocycles. The third-order valence-corrected chi connectivity index (χ3v) is 4.75. The van der Waals surface area contributed by atoms with Gasteiger partial charge >= 0.3 is 0 Å². The van der Waals surface area contributed by atoms with Crippen LogP contribution in [0.5, 0.6) is 0 Å². The molecule has 0 unspecified atom stereocenters. The number of aliphatic hydroxyl groups is 1. The van der Waals surface area contributed by atoms with E-state index in [9.17, 15) is 9.90 Å². The van der Waals surface area contributed by atoms with Gasteiger partial charge in [0.1, 0.15) is 11.7 Å². The topological polar surface area (TPSA) is 92.5 Å². The van der Waals surface area contributed by atoms with Gasteiger partial charge < -0.3 is 20.1 Å². The number of carbonyl (C=O) groups excluding carboxylic acids is 1. The molecule has 1 aliphatic rings. The largest absolute Gasteiger partial charge is 0.391 e. The first-order valence-electron chi connectivity index (χ1n) is 9.42. The van der Waals surface area contributed by atoms with Gasteiger partial charge in [-0.25, -0.2) is 4.68 Å². The number of likely N-dealkylation sites (N-methyl/N-ethyl adjacent to an activating group) is 1. The van der Waals surface area contributed by atoms with Crippen LogP contribution < -0.4 is 5.32 Å². The fraction of sp³-hybridized carbons (Fsp3) is 0.737. The van der Waals surface area contributed by atoms with E-state index in [1.54, 1.807) is 15.8 Å². The Bertz CT molecular complexity index is 652. The summed E-state index contributed by atoms with van der Waals surface area (Å²) in [5.41, 5.74) is 1.19. The van der Waals surface area contributed by atoms with Crippen LogP contribution in [-0.2, 0) is 16.1 Å². The van der Waals surface area contributed by atoms with E-state index in [1.165, 1.54) is 0 Å². The lowest BCUT2D eigenvalue weighted by Crippen LogP contribution is -2.45. The number of carbonyl (C=O) groups is 1. The molecule has 2 heterocycles. The maximum absolute atomic E-state index is 13.4. The summed E-state index contributed by atoms with van der Waals surface area (Å²) in [5, 5.41) is 21.5. The third kappa shape index (κ3) is 5.37. The van der Waals surface area contributed by atoms with Gasteiger partial charge in [0.05, 0.1) is 31.6 Å². The number of likely N-dealkylation sites (tertiary alicyclic amines) is 1. The Morgan fingerprint density at radius 1 is 1.52 bits per heavy atom. The summed E-state index contributed by atoms with van der Waals surface area (Å²) in [6.07, 6.45) is 1.78. The van der Waals surface area contributed by atoms with Crippen molar-refractivity contribution in [3.05, 3.63) is 24.0 Å². The predicted octanol–water partition coefficient (Wildman–Crippen LogP) is 1.14. The second-order valence-electron chi connectivity index (χ2n) is 8.36. The molecule has 8 heteroatoms. The number of rotatable bonds is 8. The smallest absolute Gasteiger partial charge is 0.248 e. The van der Waals surface area contributed by atoms with Crippen LogP contribution in [-0.4, -0.2) is 69.8 Å². The van der Waals surface area contributed by atoms with Crippen molar-refractivity contribution in [2.24, 2.45) is 5.41 Å². The van der Waals surface area contributed by atoms with Crippen LogP contribution in [0.1, 0.15) is 45.9 Å². The summed E-state index contributed by atoms with van der Waals surface area (Å²) >= 11 is 0. The number of ether oxygens (including phenoxy) is 1. The van der Waals surface area contributed by atoms with Crippen molar-refractivity contribution in [2.75, 3.05) is 26.7 Å². The van der Waals surface area contributed by atoms with Gasteiger partial charge in [0.15, 0.2) is 0 Å². The Morgan fingerprint density at radius 2 is 2.22 bits per heavy atom. The number of β-amino-alcohol motifs (C(OH)–C–C–N with tert-alkyl or cyclic N) is 1. The monoisotopic (exact) mass is 379 g/mol. The summed E-state index contributed by atoms with van der Waals surface area (Å²) < 4.78 is 7.17. The van der Waals surface area contributed by atoms with Gasteiger partial charge in [-0.15, -0.1) is 5.10 Å². The Morgan fingerprint density at radius 3 is 2.81 bits per heavy atom. The molecule has 0 radical (unpaired) electrons. The fourth-order valence-corrected chi connectivity index (χ4v) is 3.42. The lowest BCUT2D eigenvalue weighted by Gasteiger charge is -2.35. The number of hydrogen-bond donors (Lipinski definition) is 2. The number of aliphatic hydroxyl groups excluding tert-OH is 1. The van der Waals surface area contributed by atoms with E-state index in [2.05, 4.69) is 22.2 Å². The summed E-state index contributed by atoms with van der Waals surface area (Å²) in [6.45, 7) is 13.9. The Kier molecular flexibility index (Phi) is 7.13. The molecule has 1 aromatic rings. The average molecular weight is 380 g/mol. The summed E-state index contributed by atoms with van der Waals surface area (Å²) in [4.78, 5) is 15.1. The molecule has 0 bridgehead atoms. The Hall–Kier alpha value is -1.77. The van der Waals surface area contributed by atoms with Gasteiger partial charge in [-0.1, -0.05) is 38.1 Å². The first-order chi connectivity index (χ1) is 12.6. The predicted molar refractivity (Wildman–Crippen MR) is 103 cm³/mol. The van der Waals surface area contributed by atoms with Gasteiger partial charge in [0.25, 0.3) is 0 Å². The molecule has 1 amide bonds. The molecule has 1 saturated heterocycles. The molecule has 0 aliphatic carbocycles. The van der Waals surface area contributed by atoms with Crippen molar-refractivity contribution >= 4 is 5.91 Å². The second-order valence-corrected chi connectivity index (χ2v) is 8.36. The standard InChI is InChI=1S/C19H33N5O3/c1-13(2)16-9-15(25)11-23(16)18(26)17(19(3,4)5)24-10-14(21-22-24)12-27-8-7-20-6/h10,15-17,20,25H,1,7-9,11-12H2,2-6H3/t15-,16+,17-/m1/s1. The summed E-state index contributed by atoms with van der Waals surface area (Å²) in [5.74, 6) is -0.0698. The third-order valence-electron chi connectivity index (χ3n) is 4.75. The van der Waals surface area contributed by atoms with Crippen LogP contribution in [0, 0.1) is 5.41 Å². The van der Waals surface area contributed by atoms with Crippen molar-refractivity contribution in [1.29, 1.82) is 0 Å². The van der Waals surface area contributed by atoms with Crippen molar-refractivity contribution in [3.63, 3.8) is 0 Å². The fourth-order valence-electron chi connectivity index (χ4n) is 3.42. The molecule has 8 nitrogen and oxygen atoms in total. The minimum absolute atomic E-state index is 0.0698. The normalized spacial score (nSPS) is 21.5. The molecular formula is C19H33N5O3. The second kappa shape index (κ2) is 8.95. The lowest BCUT2D eigenvalue weighted by atomic mass is 9.85. The molecule has 1 fully saturated rings. The van der Waals surface area contributed by atoms with Crippen LogP contribution in [0.3, 0.4) is 0 Å². The molecule has 27 heavy (non-hydrogen) atoms. The highest BCUT2D eigenvalue weighted by atomic mass is 16.5. The van der Waals surface area contributed by atoms with Gasteiger partial charge in [0, 0.05) is 13.1 Å². The van der Waals surface area contributed by atoms with E-state index in [-0.39, 0.29) is 17.4 Å². The van der Waals surface area contributed by atoms with Crippen molar-refractivity contribution in [2.45, 2.75) is 58.9 Å². The highest BCUT2D eigenvalue weighted by Gasteiger charge is 2.42. The Balaban J connectivity index is 2.19. The number of aromatic nitrogens is 3. The van der Waals surface area contributed by atoms with Gasteiger partial charge in [0.2, 0.25) is 5.91 Å². The highest BCUT2D eigenvalue weighted by molar-refractivity contribution is 5.82. The van der Waals surface area contributed by atoms with Gasteiger partial charge in [-0.3, -0.25) is 4.79 Å². The molecule has 0 spiro atoms. The van der Waals surface area contributed by atoms with Crippen LogP contribution in [0.25, 0.3) is 0 Å². The van der Waals surface area contributed by atoms with Crippen LogP contribution >= 0.6 is 0 Å². The van der Waals surface area contributed by atoms with Crippen LogP contribution in [0.2, 0.25) is 0 Å². The van der Waals surface area contributed by atoms with Crippen molar-refractivity contribution < 1.29 is 14.6 Å². The minimum Gasteiger partial charge on any atom is -0.391 e. The van der Waals surface area contributed by atoms with Crippen LogP contribution in [0.15, 0.2) is 18.3 Å². The van der Waals surface area contributed by atoms with E-state index in [4.69, 9.17) is 4.74 Å². The number of amides is 1. The Labute approximate surface area is 161 Å². The van der Waals surface area contributed by atoms with E-state index >= 15 is 0 Å². The zero-order chi connectivity index (χ0) is 20.2. The van der Waals surface area contributed by atoms with Gasteiger partial charge in [-0.05, 0) is 25.8 Å².